The Balaban J connectivity index is 2.43. The third-order valence-electron chi connectivity index (χ3n) is 6.21. The molecule has 0 unspecified atom stereocenters. The molecule has 10 nitrogen and oxygen atoms in total. The number of primary amides is 1. The van der Waals surface area contributed by atoms with Crippen LogP contribution in [0.25, 0.3) is 0 Å². The summed E-state index contributed by atoms with van der Waals surface area (Å²) in [6.45, 7) is 7.24. The number of ketones is 2. The molecular weight excluding hydrogens is 490 g/mol. The van der Waals surface area contributed by atoms with E-state index in [1.165, 1.54) is 13.2 Å². The molecule has 1 aliphatic carbocycles. The van der Waals surface area contributed by atoms with Gasteiger partial charge in [0.15, 0.2) is 6.10 Å². The number of carbonyl (C=O) groups is 4. The van der Waals surface area contributed by atoms with Crippen molar-refractivity contribution in [1.29, 1.82) is 0 Å². The number of Topliss-reactive ketones (excluding diaryl/α,β-unsaturated/α-hetero) is 1. The molecule has 0 aromatic rings. The second-order valence-corrected chi connectivity index (χ2v) is 9.10. The van der Waals surface area contributed by atoms with Crippen LogP contribution >= 0.6 is 0 Å². The summed E-state index contributed by atoms with van der Waals surface area (Å²) < 4.78 is 10.8. The summed E-state index contributed by atoms with van der Waals surface area (Å²) in [5.74, 6) is -1.40. The van der Waals surface area contributed by atoms with Crippen LogP contribution in [0.5, 0.6) is 0 Å². The van der Waals surface area contributed by atoms with Crippen LogP contribution in [0.15, 0.2) is 71.1 Å². The number of hydrogen-bond acceptors (Lipinski definition) is 8. The normalized spacial score (nSPS) is 27.7. The van der Waals surface area contributed by atoms with Gasteiger partial charge in [0.2, 0.25) is 11.6 Å². The quantitative estimate of drug-likeness (QED) is 0.314. The van der Waals surface area contributed by atoms with Crippen LogP contribution in [0.3, 0.4) is 0 Å². The maximum atomic E-state index is 13.2. The molecule has 2 amide bonds. The molecule has 0 radical (unpaired) electrons. The Hall–Kier alpha value is -3.76. The Morgan fingerprint density at radius 2 is 2.03 bits per heavy atom. The summed E-state index contributed by atoms with van der Waals surface area (Å²) in [6.07, 6.45) is 8.09. The zero-order chi connectivity index (χ0) is 28.2. The van der Waals surface area contributed by atoms with E-state index in [-0.39, 0.29) is 22.5 Å². The highest BCUT2D eigenvalue weighted by atomic mass is 16.6. The van der Waals surface area contributed by atoms with Crippen molar-refractivity contribution in [3.05, 3.63) is 71.1 Å². The van der Waals surface area contributed by atoms with Gasteiger partial charge in [-0.15, -0.1) is 6.58 Å². The van der Waals surface area contributed by atoms with Crippen molar-refractivity contribution in [2.45, 2.75) is 64.3 Å². The SMILES string of the molecule is C=CCNC1=C2CCCC[C@H](O)C/C=C(\C)[C@H](OC(N)=O)[C@@H](OC)/C=C\C=C(/C)C(=O)NC(=CC1=O)C2=O. The number of fused-ring (bicyclic) bond motifs is 2. The largest absolute Gasteiger partial charge is 0.439 e. The lowest BCUT2D eigenvalue weighted by Gasteiger charge is -2.24. The molecule has 3 atom stereocenters. The van der Waals surface area contributed by atoms with Crippen LogP contribution in [0.2, 0.25) is 0 Å². The summed E-state index contributed by atoms with van der Waals surface area (Å²) in [5, 5.41) is 16.0. The lowest BCUT2D eigenvalue weighted by molar-refractivity contribution is -0.120. The number of methoxy groups -OCH3 is 1. The van der Waals surface area contributed by atoms with Crippen molar-refractivity contribution in [2.24, 2.45) is 5.73 Å². The molecule has 206 valence electrons. The molecule has 0 spiro atoms. The molecular formula is C28H37N3O7. The van der Waals surface area contributed by atoms with Crippen LogP contribution in [-0.2, 0) is 23.9 Å². The lowest BCUT2D eigenvalue weighted by atomic mass is 9.92. The number of rotatable bonds is 5. The van der Waals surface area contributed by atoms with Gasteiger partial charge in [0, 0.05) is 30.9 Å². The number of ether oxygens (including phenoxy) is 2. The molecule has 0 saturated heterocycles. The van der Waals surface area contributed by atoms with Crippen molar-refractivity contribution in [2.75, 3.05) is 13.7 Å². The van der Waals surface area contributed by atoms with Gasteiger partial charge in [-0.2, -0.15) is 0 Å². The van der Waals surface area contributed by atoms with Gasteiger partial charge in [-0.1, -0.05) is 36.8 Å². The number of aliphatic hydroxyl groups is 1. The van der Waals surface area contributed by atoms with E-state index in [2.05, 4.69) is 17.2 Å². The summed E-state index contributed by atoms with van der Waals surface area (Å²) in [4.78, 5) is 50.3. The third kappa shape index (κ3) is 8.67. The minimum Gasteiger partial charge on any atom is -0.439 e. The van der Waals surface area contributed by atoms with Gasteiger partial charge in [0.1, 0.15) is 6.10 Å². The molecule has 2 rings (SSSR count). The smallest absolute Gasteiger partial charge is 0.405 e. The van der Waals surface area contributed by atoms with Crippen molar-refractivity contribution in [3.63, 3.8) is 0 Å². The summed E-state index contributed by atoms with van der Waals surface area (Å²) in [6, 6.07) is 0. The third-order valence-corrected chi connectivity index (χ3v) is 6.21. The number of nitrogens with two attached hydrogens (primary N) is 1. The number of aliphatic hydroxyl groups excluding tert-OH is 1. The maximum Gasteiger partial charge on any atom is 0.405 e. The van der Waals surface area contributed by atoms with E-state index < -0.39 is 41.9 Å². The molecule has 38 heavy (non-hydrogen) atoms. The molecule has 0 fully saturated rings. The van der Waals surface area contributed by atoms with E-state index in [1.807, 2.05) is 0 Å². The zero-order valence-corrected chi connectivity index (χ0v) is 22.1. The first-order chi connectivity index (χ1) is 18.1. The average Bonchev–Trinajstić information content (AvgIpc) is 2.87. The van der Waals surface area contributed by atoms with Gasteiger partial charge in [-0.3, -0.25) is 14.4 Å². The van der Waals surface area contributed by atoms with Gasteiger partial charge in [-0.05, 0) is 45.1 Å². The van der Waals surface area contributed by atoms with E-state index in [9.17, 15) is 24.3 Å². The number of amides is 2. The fourth-order valence-electron chi connectivity index (χ4n) is 4.08. The van der Waals surface area contributed by atoms with E-state index in [1.54, 1.807) is 38.2 Å². The molecule has 1 aliphatic heterocycles. The van der Waals surface area contributed by atoms with E-state index in [4.69, 9.17) is 15.2 Å². The first-order valence-electron chi connectivity index (χ1n) is 12.5. The predicted molar refractivity (Wildman–Crippen MR) is 142 cm³/mol. The van der Waals surface area contributed by atoms with E-state index in [0.29, 0.717) is 44.2 Å². The van der Waals surface area contributed by atoms with E-state index in [0.717, 1.165) is 6.08 Å². The highest BCUT2D eigenvalue weighted by Gasteiger charge is 2.29. The van der Waals surface area contributed by atoms with Crippen LogP contribution < -0.4 is 16.4 Å². The van der Waals surface area contributed by atoms with Crippen LogP contribution in [0.1, 0.15) is 46.0 Å². The summed E-state index contributed by atoms with van der Waals surface area (Å²) in [5.41, 5.74) is 6.55. The Morgan fingerprint density at radius 3 is 2.68 bits per heavy atom. The van der Waals surface area contributed by atoms with Crippen molar-refractivity contribution in [3.8, 4) is 0 Å². The van der Waals surface area contributed by atoms with Crippen LogP contribution in [0.4, 0.5) is 4.79 Å². The molecule has 10 heteroatoms. The fraction of sp³-hybridized carbons (Fsp3) is 0.429. The number of nitrogens with one attached hydrogen (secondary N) is 2. The molecule has 5 N–H and O–H groups in total. The highest BCUT2D eigenvalue weighted by Crippen LogP contribution is 2.23. The zero-order valence-electron chi connectivity index (χ0n) is 22.1. The molecule has 1 heterocycles. The molecule has 0 aromatic heterocycles. The minimum atomic E-state index is -0.974. The number of allylic oxidation sites excluding steroid dienone is 4. The van der Waals surface area contributed by atoms with Crippen molar-refractivity contribution < 1.29 is 33.8 Å². The van der Waals surface area contributed by atoms with Crippen molar-refractivity contribution in [1.82, 2.24) is 10.6 Å². The molecule has 0 aromatic carbocycles. The van der Waals surface area contributed by atoms with Gasteiger partial charge in [0.05, 0.1) is 17.5 Å². The average molecular weight is 528 g/mol. The van der Waals surface area contributed by atoms with Gasteiger partial charge >= 0.3 is 6.09 Å². The Morgan fingerprint density at radius 1 is 1.29 bits per heavy atom. The minimum absolute atomic E-state index is 0.0988. The summed E-state index contributed by atoms with van der Waals surface area (Å²) in [7, 11) is 1.44. The first-order valence-corrected chi connectivity index (χ1v) is 12.5. The maximum absolute atomic E-state index is 13.2. The van der Waals surface area contributed by atoms with Crippen LogP contribution in [-0.4, -0.2) is 60.6 Å². The number of hydrogen-bond donors (Lipinski definition) is 4. The van der Waals surface area contributed by atoms with Crippen molar-refractivity contribution >= 4 is 23.6 Å². The monoisotopic (exact) mass is 527 g/mol. The standard InChI is InChI=1S/C28H37N3O7/c1-5-15-30-24-20-11-7-6-10-19(32)14-13-17(2)26(38-28(29)36)23(37-4)12-8-9-18(3)27(35)31-21(25(20)34)16-22(24)33/h5,8-9,12-13,16,19,23,26,30,32H,1,6-7,10-11,14-15H2,2-4H3,(H2,29,36)(H,31,35)/b12-8-,17-13+,18-9+/t19-,23-,26-/m0/s1. The Labute approximate surface area is 223 Å². The van der Waals surface area contributed by atoms with Crippen LogP contribution in [0, 0.1) is 0 Å². The Bertz CT molecular complexity index is 1100. The number of carbonyl (C=O) groups excluding carboxylic acids is 4. The second-order valence-electron chi connectivity index (χ2n) is 9.10. The molecule has 0 saturated carbocycles. The molecule has 2 bridgehead atoms. The van der Waals surface area contributed by atoms with Gasteiger partial charge in [-0.25, -0.2) is 4.79 Å². The second kappa shape index (κ2) is 14.8. The fourth-order valence-corrected chi connectivity index (χ4v) is 4.08. The summed E-state index contributed by atoms with van der Waals surface area (Å²) >= 11 is 0. The van der Waals surface area contributed by atoms with Gasteiger partial charge < -0.3 is 30.9 Å². The van der Waals surface area contributed by atoms with Gasteiger partial charge in [0.25, 0.3) is 5.91 Å². The lowest BCUT2D eigenvalue weighted by Crippen LogP contribution is -2.35. The topological polar surface area (TPSA) is 157 Å². The molecule has 2 aliphatic rings. The first kappa shape index (κ1) is 30.5. The predicted octanol–water partition coefficient (Wildman–Crippen LogP) is 2.42. The Kier molecular flexibility index (Phi) is 11.9. The highest BCUT2D eigenvalue weighted by molar-refractivity contribution is 6.23. The van der Waals surface area contributed by atoms with E-state index >= 15 is 0 Å².